The van der Waals surface area contributed by atoms with E-state index in [4.69, 9.17) is 27.9 Å². The van der Waals surface area contributed by atoms with Crippen LogP contribution in [0.25, 0.3) is 17.0 Å². The van der Waals surface area contributed by atoms with Gasteiger partial charge in [-0.15, -0.1) is 11.8 Å². The molecular formula is C29H29Cl2N3O4S. The van der Waals surface area contributed by atoms with Crippen LogP contribution in [0.3, 0.4) is 0 Å². The molecule has 1 N–H and O–H groups in total. The third-order valence-electron chi connectivity index (χ3n) is 6.77. The molecule has 1 aromatic heterocycles. The molecule has 0 bridgehead atoms. The van der Waals surface area contributed by atoms with E-state index in [0.717, 1.165) is 21.4 Å². The molecule has 0 spiro atoms. The van der Waals surface area contributed by atoms with Crippen LogP contribution in [-0.4, -0.2) is 60.2 Å². The molecule has 0 radical (unpaired) electrons. The lowest BCUT2D eigenvalue weighted by Gasteiger charge is -2.31. The summed E-state index contributed by atoms with van der Waals surface area (Å²) in [6.45, 7) is 0.858. The zero-order valence-corrected chi connectivity index (χ0v) is 24.0. The fraction of sp³-hybridized carbons (Fsp3) is 0.310. The van der Waals surface area contributed by atoms with E-state index >= 15 is 0 Å². The Balaban J connectivity index is 1.33. The SMILES string of the molecule is COC(=O)C(Cc1cnc2ccccc2c1)NC(=O)C1CCN(C(=O)/C=C/c2ccc(SC)c(Cl)c2Cl)CC1. The number of carbonyl (C=O) groups excluding carboxylic acids is 3. The minimum atomic E-state index is -0.831. The predicted molar refractivity (Wildman–Crippen MR) is 156 cm³/mol. The Morgan fingerprint density at radius 3 is 2.62 bits per heavy atom. The lowest BCUT2D eigenvalue weighted by atomic mass is 9.95. The van der Waals surface area contributed by atoms with Crippen molar-refractivity contribution in [2.75, 3.05) is 26.5 Å². The van der Waals surface area contributed by atoms with E-state index in [1.165, 1.54) is 24.9 Å². The van der Waals surface area contributed by atoms with E-state index in [1.54, 1.807) is 17.2 Å². The second-order valence-electron chi connectivity index (χ2n) is 9.24. The van der Waals surface area contributed by atoms with Crippen molar-refractivity contribution >= 4 is 69.7 Å². The summed E-state index contributed by atoms with van der Waals surface area (Å²) >= 11 is 14.1. The van der Waals surface area contributed by atoms with Gasteiger partial charge in [-0.3, -0.25) is 14.6 Å². The number of piperidine rings is 1. The molecule has 0 aliphatic carbocycles. The molecule has 4 rings (SSSR count). The van der Waals surface area contributed by atoms with Gasteiger partial charge in [-0.2, -0.15) is 0 Å². The average Bonchev–Trinajstić information content (AvgIpc) is 2.97. The quantitative estimate of drug-likeness (QED) is 0.216. The summed E-state index contributed by atoms with van der Waals surface area (Å²) in [6.07, 6.45) is 8.00. The van der Waals surface area contributed by atoms with E-state index in [9.17, 15) is 14.4 Å². The Morgan fingerprint density at radius 2 is 1.90 bits per heavy atom. The highest BCUT2D eigenvalue weighted by Gasteiger charge is 2.30. The van der Waals surface area contributed by atoms with Gasteiger partial charge in [0.1, 0.15) is 6.04 Å². The molecular weight excluding hydrogens is 557 g/mol. The van der Waals surface area contributed by atoms with Gasteiger partial charge in [0.25, 0.3) is 0 Å². The third kappa shape index (κ3) is 7.12. The van der Waals surface area contributed by atoms with Crippen molar-refractivity contribution in [3.05, 3.63) is 75.9 Å². The van der Waals surface area contributed by atoms with Gasteiger partial charge in [0.05, 0.1) is 22.7 Å². The van der Waals surface area contributed by atoms with Gasteiger partial charge < -0.3 is 15.0 Å². The van der Waals surface area contributed by atoms with E-state index in [-0.39, 0.29) is 24.2 Å². The number of benzene rings is 2. The van der Waals surface area contributed by atoms with Gasteiger partial charge in [-0.25, -0.2) is 4.79 Å². The Kier molecular flexibility index (Phi) is 9.88. The number of nitrogens with zero attached hydrogens (tertiary/aromatic N) is 2. The van der Waals surface area contributed by atoms with Crippen molar-refractivity contribution in [1.29, 1.82) is 0 Å². The number of thioether (sulfide) groups is 1. The van der Waals surface area contributed by atoms with Crippen LogP contribution >= 0.6 is 35.0 Å². The Morgan fingerprint density at radius 1 is 1.15 bits per heavy atom. The van der Waals surface area contributed by atoms with Crippen LogP contribution in [-0.2, 0) is 25.5 Å². The molecule has 1 saturated heterocycles. The van der Waals surface area contributed by atoms with E-state index in [1.807, 2.05) is 48.7 Å². The van der Waals surface area contributed by atoms with Crippen molar-refractivity contribution in [3.8, 4) is 0 Å². The molecule has 39 heavy (non-hydrogen) atoms. The number of carbonyl (C=O) groups is 3. The third-order valence-corrected chi connectivity index (χ3v) is 8.56. The van der Waals surface area contributed by atoms with Gasteiger partial charge in [0.15, 0.2) is 0 Å². The van der Waals surface area contributed by atoms with Crippen molar-refractivity contribution in [2.24, 2.45) is 5.92 Å². The first-order valence-electron chi connectivity index (χ1n) is 12.5. The van der Waals surface area contributed by atoms with Gasteiger partial charge >= 0.3 is 5.97 Å². The predicted octanol–water partition coefficient (Wildman–Crippen LogP) is 5.42. The number of pyridine rings is 1. The number of nitrogens with one attached hydrogen (secondary N) is 1. The zero-order chi connectivity index (χ0) is 27.9. The summed E-state index contributed by atoms with van der Waals surface area (Å²) in [5.41, 5.74) is 2.34. The smallest absolute Gasteiger partial charge is 0.328 e. The summed E-state index contributed by atoms with van der Waals surface area (Å²) in [4.78, 5) is 45.3. The minimum absolute atomic E-state index is 0.161. The maximum absolute atomic E-state index is 13.1. The largest absolute Gasteiger partial charge is 0.467 e. The normalized spacial score (nSPS) is 14.9. The maximum atomic E-state index is 13.1. The second kappa shape index (κ2) is 13.3. The molecule has 2 heterocycles. The molecule has 2 amide bonds. The monoisotopic (exact) mass is 585 g/mol. The van der Waals surface area contributed by atoms with Crippen molar-refractivity contribution in [1.82, 2.24) is 15.2 Å². The topological polar surface area (TPSA) is 88.6 Å². The molecule has 1 aliphatic rings. The van der Waals surface area contributed by atoms with Gasteiger partial charge in [-0.05, 0) is 54.5 Å². The number of hydrogen-bond acceptors (Lipinski definition) is 6. The summed E-state index contributed by atoms with van der Waals surface area (Å²) in [6, 6.07) is 12.5. The Bertz CT molecular complexity index is 1410. The molecule has 204 valence electrons. The fourth-order valence-corrected chi connectivity index (χ4v) is 5.72. The molecule has 1 fully saturated rings. The number of halogens is 2. The molecule has 10 heteroatoms. The van der Waals surface area contributed by atoms with Crippen molar-refractivity contribution < 1.29 is 19.1 Å². The van der Waals surface area contributed by atoms with Gasteiger partial charge in [0, 0.05) is 48.0 Å². The van der Waals surface area contributed by atoms with E-state index in [2.05, 4.69) is 10.3 Å². The van der Waals surface area contributed by atoms with Crippen molar-refractivity contribution in [2.45, 2.75) is 30.2 Å². The Hall–Kier alpha value is -3.07. The summed E-state index contributed by atoms with van der Waals surface area (Å²) < 4.78 is 4.95. The number of fused-ring (bicyclic) bond motifs is 1. The Labute approximate surface area is 241 Å². The fourth-order valence-electron chi connectivity index (χ4n) is 4.55. The molecule has 2 aromatic carbocycles. The lowest BCUT2D eigenvalue weighted by Crippen LogP contribution is -2.48. The minimum Gasteiger partial charge on any atom is -0.467 e. The average molecular weight is 587 g/mol. The second-order valence-corrected chi connectivity index (χ2v) is 10.8. The highest BCUT2D eigenvalue weighted by molar-refractivity contribution is 7.98. The molecule has 1 atom stereocenters. The summed E-state index contributed by atoms with van der Waals surface area (Å²) in [7, 11) is 1.30. The van der Waals surface area contributed by atoms with Crippen LogP contribution in [0.4, 0.5) is 0 Å². The van der Waals surface area contributed by atoms with Crippen molar-refractivity contribution in [3.63, 3.8) is 0 Å². The molecule has 1 aliphatic heterocycles. The van der Waals surface area contributed by atoms with Gasteiger partial charge in [-0.1, -0.05) is 47.5 Å². The van der Waals surface area contributed by atoms with E-state index in [0.29, 0.717) is 41.5 Å². The van der Waals surface area contributed by atoms with E-state index < -0.39 is 12.0 Å². The number of aromatic nitrogens is 1. The van der Waals surface area contributed by atoms with Gasteiger partial charge in [0.2, 0.25) is 11.8 Å². The number of rotatable bonds is 8. The van der Waals surface area contributed by atoms with Crippen LogP contribution in [0.5, 0.6) is 0 Å². The highest BCUT2D eigenvalue weighted by atomic mass is 35.5. The van der Waals surface area contributed by atoms with Crippen LogP contribution in [0.1, 0.15) is 24.0 Å². The number of esters is 1. The number of amides is 2. The number of hydrogen-bond donors (Lipinski definition) is 1. The molecule has 3 aromatic rings. The van der Waals surface area contributed by atoms with Crippen LogP contribution in [0.15, 0.2) is 59.6 Å². The standard InChI is InChI=1S/C29H29Cl2N3O4S/c1-38-29(37)23(16-18-15-21-5-3-4-6-22(21)32-17-18)33-28(36)20-11-13-34(14-12-20)25(35)10-8-19-7-9-24(39-2)27(31)26(19)30/h3-10,15,17,20,23H,11-14,16H2,1-2H3,(H,33,36)/b10-8+. The van der Waals surface area contributed by atoms with Crippen LogP contribution in [0, 0.1) is 5.92 Å². The lowest BCUT2D eigenvalue weighted by molar-refractivity contribution is -0.145. The maximum Gasteiger partial charge on any atom is 0.328 e. The first-order valence-corrected chi connectivity index (χ1v) is 14.5. The number of ether oxygens (including phenoxy) is 1. The zero-order valence-electron chi connectivity index (χ0n) is 21.7. The summed E-state index contributed by atoms with van der Waals surface area (Å²) in [5, 5.41) is 4.69. The first kappa shape index (κ1) is 28.9. The summed E-state index contributed by atoms with van der Waals surface area (Å²) in [5.74, 6) is -1.21. The first-order chi connectivity index (χ1) is 18.8. The van der Waals surface area contributed by atoms with Crippen LogP contribution < -0.4 is 5.32 Å². The number of likely N-dealkylation sites (tertiary alicyclic amines) is 1. The molecule has 7 nitrogen and oxygen atoms in total. The molecule has 0 saturated carbocycles. The number of methoxy groups -OCH3 is 1. The molecule has 1 unspecified atom stereocenters. The number of para-hydroxylation sites is 1. The highest BCUT2D eigenvalue weighted by Crippen LogP contribution is 2.35. The van der Waals surface area contributed by atoms with Crippen LogP contribution in [0.2, 0.25) is 10.0 Å².